The van der Waals surface area contributed by atoms with Crippen molar-refractivity contribution in [3.63, 3.8) is 0 Å². The average molecular weight is 658 g/mol. The minimum Gasteiger partial charge on any atom is -0.352 e. The number of carbonyl (C=O) groups is 2. The van der Waals surface area contributed by atoms with Crippen LogP contribution in [0, 0.1) is 13.8 Å². The summed E-state index contributed by atoms with van der Waals surface area (Å²) < 4.78 is 29.5. The number of benzene rings is 4. The zero-order chi connectivity index (χ0) is 32.7. The number of hydrogen-bond acceptors (Lipinski definition) is 4. The van der Waals surface area contributed by atoms with Gasteiger partial charge in [-0.05, 0) is 85.3 Å². The maximum atomic E-state index is 14.6. The Balaban J connectivity index is 1.57. The molecule has 1 aliphatic carbocycles. The van der Waals surface area contributed by atoms with Gasteiger partial charge >= 0.3 is 0 Å². The van der Waals surface area contributed by atoms with Crippen molar-refractivity contribution in [1.29, 1.82) is 0 Å². The number of anilines is 1. The zero-order valence-electron chi connectivity index (χ0n) is 26.2. The van der Waals surface area contributed by atoms with Crippen LogP contribution in [-0.2, 0) is 32.6 Å². The highest BCUT2D eigenvalue weighted by Crippen LogP contribution is 2.27. The highest BCUT2D eigenvalue weighted by atomic mass is 35.5. The lowest BCUT2D eigenvalue weighted by Gasteiger charge is -2.34. The average Bonchev–Trinajstić information content (AvgIpc) is 3.57. The van der Waals surface area contributed by atoms with Crippen molar-refractivity contribution < 1.29 is 18.0 Å². The molecule has 0 aromatic heterocycles. The minimum absolute atomic E-state index is 0.0451. The fourth-order valence-electron chi connectivity index (χ4n) is 5.84. The molecule has 0 bridgehead atoms. The number of sulfonamides is 1. The van der Waals surface area contributed by atoms with Gasteiger partial charge < -0.3 is 10.2 Å². The quantitative estimate of drug-likeness (QED) is 0.181. The Kier molecular flexibility index (Phi) is 10.8. The second-order valence-corrected chi connectivity index (χ2v) is 14.2. The number of hydrogen-bond donors (Lipinski definition) is 1. The highest BCUT2D eigenvalue weighted by Gasteiger charge is 2.35. The molecule has 2 amide bonds. The predicted molar refractivity (Wildman–Crippen MR) is 183 cm³/mol. The van der Waals surface area contributed by atoms with Crippen molar-refractivity contribution in [2.24, 2.45) is 0 Å². The molecule has 1 saturated carbocycles. The number of carbonyl (C=O) groups excluding carboxylic acids is 2. The molecule has 1 unspecified atom stereocenters. The van der Waals surface area contributed by atoms with Crippen LogP contribution in [0.5, 0.6) is 0 Å². The van der Waals surface area contributed by atoms with Crippen LogP contribution in [0.3, 0.4) is 0 Å². The summed E-state index contributed by atoms with van der Waals surface area (Å²) in [5, 5.41) is 3.75. The number of halogens is 1. The van der Waals surface area contributed by atoms with Crippen LogP contribution in [0.1, 0.15) is 47.9 Å². The van der Waals surface area contributed by atoms with Gasteiger partial charge in [0.1, 0.15) is 12.6 Å². The van der Waals surface area contributed by atoms with Gasteiger partial charge in [-0.2, -0.15) is 0 Å². The van der Waals surface area contributed by atoms with E-state index in [1.165, 1.54) is 17.0 Å². The molecule has 1 aliphatic rings. The summed E-state index contributed by atoms with van der Waals surface area (Å²) in [5.74, 6) is -0.739. The van der Waals surface area contributed by atoms with Gasteiger partial charge in [0.05, 0.1) is 10.6 Å². The van der Waals surface area contributed by atoms with Crippen LogP contribution in [0.2, 0.25) is 5.02 Å². The van der Waals surface area contributed by atoms with Crippen molar-refractivity contribution in [2.45, 2.75) is 69.5 Å². The molecule has 1 N–H and O–H groups in total. The van der Waals surface area contributed by atoms with E-state index in [0.717, 1.165) is 52.2 Å². The SMILES string of the molecule is Cc1ccc(N(CC(=O)N(Cc2ccc(Cl)cc2)C(Cc2ccccc2)C(=O)NC2CCCC2)S(=O)(=O)c2ccccc2)cc1C. The Hall–Kier alpha value is -4.14. The third-order valence-electron chi connectivity index (χ3n) is 8.63. The van der Waals surface area contributed by atoms with Gasteiger partial charge in [-0.1, -0.05) is 91.2 Å². The Labute approximate surface area is 277 Å². The van der Waals surface area contributed by atoms with Gasteiger partial charge in [-0.3, -0.25) is 13.9 Å². The molecule has 1 fully saturated rings. The Morgan fingerprint density at radius 2 is 1.46 bits per heavy atom. The van der Waals surface area contributed by atoms with Crippen molar-refractivity contribution in [3.8, 4) is 0 Å². The summed E-state index contributed by atoms with van der Waals surface area (Å²) in [7, 11) is -4.15. The van der Waals surface area contributed by atoms with E-state index in [2.05, 4.69) is 5.32 Å². The third-order valence-corrected chi connectivity index (χ3v) is 10.7. The van der Waals surface area contributed by atoms with Crippen molar-refractivity contribution >= 4 is 39.1 Å². The first-order valence-corrected chi connectivity index (χ1v) is 17.5. The van der Waals surface area contributed by atoms with E-state index in [1.54, 1.807) is 42.5 Å². The Morgan fingerprint density at radius 1 is 0.826 bits per heavy atom. The van der Waals surface area contributed by atoms with Crippen LogP contribution in [0.4, 0.5) is 5.69 Å². The van der Waals surface area contributed by atoms with Gasteiger partial charge in [0.15, 0.2) is 0 Å². The second kappa shape index (κ2) is 15.0. The zero-order valence-corrected chi connectivity index (χ0v) is 27.8. The van der Waals surface area contributed by atoms with E-state index < -0.39 is 28.5 Å². The summed E-state index contributed by atoms with van der Waals surface area (Å²) >= 11 is 6.18. The number of rotatable bonds is 12. The molecular formula is C37H40ClN3O4S. The highest BCUT2D eigenvalue weighted by molar-refractivity contribution is 7.92. The van der Waals surface area contributed by atoms with Crippen molar-refractivity contribution in [2.75, 3.05) is 10.8 Å². The summed E-state index contributed by atoms with van der Waals surface area (Å²) in [6.07, 6.45) is 4.15. The minimum atomic E-state index is -4.15. The molecule has 0 saturated heterocycles. The molecule has 0 heterocycles. The van der Waals surface area contributed by atoms with E-state index in [-0.39, 0.29) is 29.8 Å². The van der Waals surface area contributed by atoms with Gasteiger partial charge in [0, 0.05) is 24.0 Å². The summed E-state index contributed by atoms with van der Waals surface area (Å²) in [6.45, 7) is 3.46. The molecule has 46 heavy (non-hydrogen) atoms. The summed E-state index contributed by atoms with van der Waals surface area (Å²) in [5.41, 5.74) is 3.94. The molecule has 9 heteroatoms. The molecule has 240 valence electrons. The Morgan fingerprint density at radius 3 is 2.09 bits per heavy atom. The van der Waals surface area contributed by atoms with Gasteiger partial charge in [0.2, 0.25) is 11.8 Å². The standard InChI is InChI=1S/C37H40ClN3O4S/c1-27-17-22-33(23-28(27)2)41(46(44,45)34-15-7-4-8-16-34)26-36(42)40(25-30-18-20-31(38)21-19-30)35(24-29-11-5-3-6-12-29)37(43)39-32-13-9-10-14-32/h3-8,11-12,15-23,32,35H,9-10,13-14,24-26H2,1-2H3,(H,39,43). The lowest BCUT2D eigenvalue weighted by atomic mass is 10.0. The number of amides is 2. The van der Waals surface area contributed by atoms with Crippen molar-refractivity contribution in [3.05, 3.63) is 130 Å². The largest absolute Gasteiger partial charge is 0.352 e. The maximum absolute atomic E-state index is 14.6. The molecule has 4 aromatic carbocycles. The molecule has 4 aromatic rings. The fourth-order valence-corrected chi connectivity index (χ4v) is 7.39. The lowest BCUT2D eigenvalue weighted by molar-refractivity contribution is -0.140. The first kappa shape index (κ1) is 33.2. The smallest absolute Gasteiger partial charge is 0.264 e. The number of nitrogens with zero attached hydrogens (tertiary/aromatic N) is 2. The first-order chi connectivity index (χ1) is 22.1. The molecule has 5 rings (SSSR count). The van der Waals surface area contributed by atoms with E-state index >= 15 is 0 Å². The van der Waals surface area contributed by atoms with Crippen LogP contribution in [0.15, 0.2) is 108 Å². The fraction of sp³-hybridized carbons (Fsp3) is 0.297. The Bertz CT molecular complexity index is 1740. The molecule has 0 spiro atoms. The molecule has 1 atom stereocenters. The molecule has 0 radical (unpaired) electrons. The van der Waals surface area contributed by atoms with Crippen LogP contribution < -0.4 is 9.62 Å². The third kappa shape index (κ3) is 8.17. The number of nitrogens with one attached hydrogen (secondary N) is 1. The van der Waals surface area contributed by atoms with Gasteiger partial charge in [0.25, 0.3) is 10.0 Å². The topological polar surface area (TPSA) is 86.8 Å². The molecular weight excluding hydrogens is 618 g/mol. The monoisotopic (exact) mass is 657 g/mol. The summed E-state index contributed by atoms with van der Waals surface area (Å²) in [4.78, 5) is 30.3. The summed E-state index contributed by atoms with van der Waals surface area (Å²) in [6, 6.07) is 29.3. The lowest BCUT2D eigenvalue weighted by Crippen LogP contribution is -2.54. The van der Waals surface area contributed by atoms with Crippen LogP contribution in [-0.4, -0.2) is 43.8 Å². The van der Waals surface area contributed by atoms with Crippen LogP contribution in [0.25, 0.3) is 0 Å². The van der Waals surface area contributed by atoms with Crippen LogP contribution >= 0.6 is 11.6 Å². The van der Waals surface area contributed by atoms with Gasteiger partial charge in [-0.15, -0.1) is 0 Å². The first-order valence-electron chi connectivity index (χ1n) is 15.6. The molecule has 0 aliphatic heterocycles. The van der Waals surface area contributed by atoms with E-state index in [0.29, 0.717) is 10.7 Å². The number of aryl methyl sites for hydroxylation is 2. The predicted octanol–water partition coefficient (Wildman–Crippen LogP) is 6.85. The van der Waals surface area contributed by atoms with Gasteiger partial charge in [-0.25, -0.2) is 8.42 Å². The normalized spacial score (nSPS) is 14.1. The van der Waals surface area contributed by atoms with E-state index in [1.807, 2.05) is 62.4 Å². The van der Waals surface area contributed by atoms with E-state index in [4.69, 9.17) is 11.6 Å². The maximum Gasteiger partial charge on any atom is 0.264 e. The van der Waals surface area contributed by atoms with E-state index in [9.17, 15) is 18.0 Å². The molecule has 7 nitrogen and oxygen atoms in total. The van der Waals surface area contributed by atoms with Crippen molar-refractivity contribution in [1.82, 2.24) is 10.2 Å². The second-order valence-electron chi connectivity index (χ2n) is 11.9.